The molecule has 0 aromatic heterocycles. The van der Waals surface area contributed by atoms with E-state index in [1.54, 1.807) is 0 Å². The molecule has 8 nitrogen and oxygen atoms in total. The average molecular weight is 347 g/mol. The minimum absolute atomic E-state index is 0. The Morgan fingerprint density at radius 1 is 0.750 bits per heavy atom. The van der Waals surface area contributed by atoms with Crippen molar-refractivity contribution in [1.82, 2.24) is 0 Å². The topological polar surface area (TPSA) is 127 Å². The van der Waals surface area contributed by atoms with Crippen LogP contribution >= 0.6 is 0 Å². The number of hydrogen-bond donors (Lipinski definition) is 2. The van der Waals surface area contributed by atoms with Crippen LogP contribution in [0.3, 0.4) is 0 Å². The first-order valence-electron chi connectivity index (χ1n) is 1.53. The summed E-state index contributed by atoms with van der Waals surface area (Å²) in [7, 11) is -10.0. The first-order valence-corrected chi connectivity index (χ1v) is 4.26. The molecule has 0 radical (unpaired) electrons. The molecular weight excluding hydrogens is 337 g/mol. The summed E-state index contributed by atoms with van der Waals surface area (Å²) in [5.74, 6) is 0. The van der Waals surface area contributed by atoms with E-state index in [2.05, 4.69) is 8.67 Å². The van der Waals surface area contributed by atoms with Crippen LogP contribution in [0.5, 0.6) is 0 Å². The van der Waals surface area contributed by atoms with Crippen LogP contribution in [0.2, 0.25) is 0 Å². The second-order valence-electron chi connectivity index (χ2n) is 0.992. The van der Waals surface area contributed by atoms with Gasteiger partial charge in [0.15, 0.2) is 0 Å². The predicted molar refractivity (Wildman–Crippen MR) is 47.9 cm³/mol. The molecule has 0 saturated heterocycles. The predicted octanol–water partition coefficient (Wildman–Crippen LogP) is -4.36. The van der Waals surface area contributed by atoms with Gasteiger partial charge in [-0.1, -0.05) is 8.67 Å². The summed E-state index contributed by atoms with van der Waals surface area (Å²) in [6.07, 6.45) is 0. The summed E-state index contributed by atoms with van der Waals surface area (Å²) in [5, 5.41) is 0. The van der Waals surface area contributed by atoms with Gasteiger partial charge in [-0.25, -0.2) is 0 Å². The van der Waals surface area contributed by atoms with Gasteiger partial charge in [-0.05, 0) is 0 Å². The van der Waals surface area contributed by atoms with Gasteiger partial charge < -0.3 is 0 Å². The van der Waals surface area contributed by atoms with Crippen LogP contribution in [0.4, 0.5) is 0 Å². The SMILES string of the molecule is O=S(=O)(O)OOS(=O)(=O)O.[GeH4].[GeH4]. The molecule has 0 aliphatic carbocycles. The third-order valence-electron chi connectivity index (χ3n) is 0.200. The van der Waals surface area contributed by atoms with Crippen LogP contribution < -0.4 is 0 Å². The van der Waals surface area contributed by atoms with E-state index in [9.17, 15) is 16.8 Å². The Kier molecular flexibility index (Phi) is 9.76. The molecule has 2 N–H and O–H groups in total. The van der Waals surface area contributed by atoms with Gasteiger partial charge in [0.05, 0.1) is 0 Å². The summed E-state index contributed by atoms with van der Waals surface area (Å²) in [6, 6.07) is 0. The fourth-order valence-corrected chi connectivity index (χ4v) is 0.632. The summed E-state index contributed by atoms with van der Waals surface area (Å²) in [6.45, 7) is 0. The van der Waals surface area contributed by atoms with Crippen molar-refractivity contribution in [3.63, 3.8) is 0 Å². The van der Waals surface area contributed by atoms with Gasteiger partial charge >= 0.3 is 56.0 Å². The monoisotopic (exact) mass is 350 g/mol. The summed E-state index contributed by atoms with van der Waals surface area (Å²) < 4.78 is 58.9. The van der Waals surface area contributed by atoms with Gasteiger partial charge in [0, 0.05) is 0 Å². The van der Waals surface area contributed by atoms with E-state index in [0.717, 1.165) is 0 Å². The van der Waals surface area contributed by atoms with Crippen molar-refractivity contribution >= 4 is 56.0 Å². The van der Waals surface area contributed by atoms with Crippen molar-refractivity contribution in [3.05, 3.63) is 0 Å². The standard InChI is InChI=1S/2GeH4.H2O8S2/c;;1-9(2,3)7-8-10(4,5)6/h2*1H4;(H,1,2,3)(H,4,5,6). The third kappa shape index (κ3) is 17.1. The summed E-state index contributed by atoms with van der Waals surface area (Å²) in [4.78, 5) is 0. The van der Waals surface area contributed by atoms with Crippen LogP contribution in [-0.4, -0.2) is 61.1 Å². The molecule has 0 rings (SSSR count). The molecule has 78 valence electrons. The zero-order valence-electron chi connectivity index (χ0n) is 4.16. The Balaban J connectivity index is -0.000000405. The minimum atomic E-state index is -5.02. The van der Waals surface area contributed by atoms with Crippen molar-refractivity contribution in [3.8, 4) is 0 Å². The van der Waals surface area contributed by atoms with Gasteiger partial charge in [-0.2, -0.15) is 16.8 Å². The number of hydrogen-bond acceptors (Lipinski definition) is 6. The molecule has 0 atom stereocenters. The maximum atomic E-state index is 9.51. The van der Waals surface area contributed by atoms with Crippen molar-refractivity contribution in [2.75, 3.05) is 0 Å². The quantitative estimate of drug-likeness (QED) is 0.227. The van der Waals surface area contributed by atoms with Crippen molar-refractivity contribution in [1.29, 1.82) is 0 Å². The second kappa shape index (κ2) is 6.31. The normalized spacial score (nSPS) is 11.2. The summed E-state index contributed by atoms with van der Waals surface area (Å²) >= 11 is 0. The van der Waals surface area contributed by atoms with Gasteiger partial charge in [0.25, 0.3) is 0 Å². The second-order valence-corrected chi connectivity index (χ2v) is 2.97. The molecule has 0 aromatic carbocycles. The molecule has 0 bridgehead atoms. The molecule has 12 heavy (non-hydrogen) atoms. The molecule has 0 heterocycles. The van der Waals surface area contributed by atoms with Crippen molar-refractivity contribution in [2.24, 2.45) is 0 Å². The van der Waals surface area contributed by atoms with Crippen LogP contribution in [0.25, 0.3) is 0 Å². The molecule has 0 amide bonds. The molecule has 0 unspecified atom stereocenters. The zero-order chi connectivity index (χ0) is 8.41. The van der Waals surface area contributed by atoms with Crippen molar-refractivity contribution < 1.29 is 34.6 Å². The van der Waals surface area contributed by atoms with Crippen LogP contribution in [0.1, 0.15) is 0 Å². The molecule has 0 spiro atoms. The molecule has 0 saturated carbocycles. The summed E-state index contributed by atoms with van der Waals surface area (Å²) in [5.41, 5.74) is 0. The first-order chi connectivity index (χ1) is 4.21. The average Bonchev–Trinajstić information content (AvgIpc) is 1.57. The Hall–Kier alpha value is 0.826. The van der Waals surface area contributed by atoms with E-state index >= 15 is 0 Å². The zero-order valence-corrected chi connectivity index (χ0v) is 5.79. The Bertz CT molecular complexity index is 251. The number of rotatable bonds is 3. The molecule has 0 aromatic rings. The first kappa shape index (κ1) is 18.6. The van der Waals surface area contributed by atoms with E-state index in [1.165, 1.54) is 0 Å². The third-order valence-corrected chi connectivity index (χ3v) is 0.766. The Labute approximate surface area is 90.4 Å². The maximum absolute atomic E-state index is 9.51. The molecule has 12 heteroatoms. The Morgan fingerprint density at radius 2 is 0.917 bits per heavy atom. The molecule has 0 aliphatic rings. The van der Waals surface area contributed by atoms with Crippen LogP contribution in [0.15, 0.2) is 0 Å². The van der Waals surface area contributed by atoms with E-state index in [4.69, 9.17) is 9.11 Å². The fraction of sp³-hybridized carbons (Fsp3) is 0. The molecule has 0 aliphatic heterocycles. The van der Waals surface area contributed by atoms with Gasteiger partial charge in [0.1, 0.15) is 0 Å². The van der Waals surface area contributed by atoms with Crippen molar-refractivity contribution in [2.45, 2.75) is 0 Å². The molecule has 0 fully saturated rings. The fourth-order valence-electron chi connectivity index (χ4n) is 0.0702. The van der Waals surface area contributed by atoms with E-state index in [0.29, 0.717) is 0 Å². The van der Waals surface area contributed by atoms with Gasteiger partial charge in [-0.15, -0.1) is 0 Å². The van der Waals surface area contributed by atoms with Crippen LogP contribution in [0, 0.1) is 0 Å². The van der Waals surface area contributed by atoms with Crippen LogP contribution in [-0.2, 0) is 29.5 Å². The molecular formula is H10Ge2O8S2. The van der Waals surface area contributed by atoms with E-state index < -0.39 is 20.8 Å². The van der Waals surface area contributed by atoms with E-state index in [-0.39, 0.29) is 35.2 Å². The Morgan fingerprint density at radius 3 is 1.00 bits per heavy atom. The van der Waals surface area contributed by atoms with Gasteiger partial charge in [-0.3, -0.25) is 9.11 Å². The van der Waals surface area contributed by atoms with E-state index in [1.807, 2.05) is 0 Å². The van der Waals surface area contributed by atoms with Gasteiger partial charge in [0.2, 0.25) is 0 Å².